The van der Waals surface area contributed by atoms with Crippen molar-refractivity contribution in [2.24, 2.45) is 11.1 Å². The second-order valence-electron chi connectivity index (χ2n) is 5.82. The molecule has 0 spiro atoms. The molecule has 17 heavy (non-hydrogen) atoms. The van der Waals surface area contributed by atoms with Gasteiger partial charge in [-0.25, -0.2) is 0 Å². The van der Waals surface area contributed by atoms with Gasteiger partial charge >= 0.3 is 0 Å². The third kappa shape index (κ3) is 3.42. The van der Waals surface area contributed by atoms with Crippen LogP contribution in [-0.2, 0) is 4.79 Å². The lowest BCUT2D eigenvalue weighted by Crippen LogP contribution is -2.50. The zero-order valence-corrected chi connectivity index (χ0v) is 11.3. The van der Waals surface area contributed by atoms with Gasteiger partial charge in [0, 0.05) is 19.6 Å². The van der Waals surface area contributed by atoms with Gasteiger partial charge in [0.25, 0.3) is 0 Å². The molecule has 0 bridgehead atoms. The maximum atomic E-state index is 12.5. The van der Waals surface area contributed by atoms with Crippen LogP contribution >= 0.6 is 0 Å². The lowest BCUT2D eigenvalue weighted by molar-refractivity contribution is -0.144. The summed E-state index contributed by atoms with van der Waals surface area (Å²) in [5.41, 5.74) is 4.61. The Labute approximate surface area is 104 Å². The number of nitrogens with zero attached hydrogens (tertiary/aromatic N) is 1. The highest BCUT2D eigenvalue weighted by Gasteiger charge is 2.42. The molecule has 0 aliphatic heterocycles. The maximum absolute atomic E-state index is 12.5. The van der Waals surface area contributed by atoms with Crippen LogP contribution in [0.2, 0.25) is 0 Å². The Morgan fingerprint density at radius 2 is 1.94 bits per heavy atom. The smallest absolute Gasteiger partial charge is 0.230 e. The van der Waals surface area contributed by atoms with Gasteiger partial charge < -0.3 is 15.7 Å². The molecule has 0 saturated heterocycles. The van der Waals surface area contributed by atoms with Crippen molar-refractivity contribution in [1.82, 2.24) is 4.90 Å². The molecule has 1 aliphatic rings. The first-order chi connectivity index (χ1) is 7.84. The minimum absolute atomic E-state index is 0.127. The van der Waals surface area contributed by atoms with Gasteiger partial charge in [-0.05, 0) is 33.6 Å². The van der Waals surface area contributed by atoms with E-state index in [2.05, 4.69) is 0 Å². The summed E-state index contributed by atoms with van der Waals surface area (Å²) < 4.78 is 0. The zero-order chi connectivity index (χ0) is 13.1. The molecule has 4 nitrogen and oxygen atoms in total. The molecule has 1 rings (SSSR count). The molecule has 0 aromatic rings. The van der Waals surface area contributed by atoms with E-state index in [0.29, 0.717) is 19.6 Å². The van der Waals surface area contributed by atoms with Crippen molar-refractivity contribution in [3.05, 3.63) is 0 Å². The predicted molar refractivity (Wildman–Crippen MR) is 68.5 cm³/mol. The molecule has 100 valence electrons. The van der Waals surface area contributed by atoms with E-state index in [0.717, 1.165) is 25.7 Å². The molecule has 0 heterocycles. The fraction of sp³-hybridized carbons (Fsp3) is 0.923. The molecule has 1 aliphatic carbocycles. The second kappa shape index (κ2) is 5.36. The monoisotopic (exact) mass is 242 g/mol. The SMILES string of the molecule is CCN(CC(C)(C)O)C(=O)C1(CN)CCCC1. The summed E-state index contributed by atoms with van der Waals surface area (Å²) in [5, 5.41) is 9.84. The predicted octanol–water partition coefficient (Wildman–Crippen LogP) is 1.12. The molecule has 0 unspecified atom stereocenters. The van der Waals surface area contributed by atoms with Gasteiger partial charge in [0.2, 0.25) is 5.91 Å². The first-order valence-electron chi connectivity index (χ1n) is 6.56. The Kier molecular flexibility index (Phi) is 4.55. The first kappa shape index (κ1) is 14.5. The number of carbonyl (C=O) groups excluding carboxylic acids is 1. The van der Waals surface area contributed by atoms with Crippen molar-refractivity contribution >= 4 is 5.91 Å². The highest BCUT2D eigenvalue weighted by molar-refractivity contribution is 5.83. The van der Waals surface area contributed by atoms with Crippen LogP contribution in [0.3, 0.4) is 0 Å². The average molecular weight is 242 g/mol. The average Bonchev–Trinajstić information content (AvgIpc) is 2.73. The minimum Gasteiger partial charge on any atom is -0.389 e. The summed E-state index contributed by atoms with van der Waals surface area (Å²) >= 11 is 0. The van der Waals surface area contributed by atoms with Crippen LogP contribution in [0.25, 0.3) is 0 Å². The first-order valence-corrected chi connectivity index (χ1v) is 6.56. The lowest BCUT2D eigenvalue weighted by Gasteiger charge is -2.35. The van der Waals surface area contributed by atoms with Gasteiger partial charge in [0.05, 0.1) is 11.0 Å². The normalized spacial score (nSPS) is 19.4. The number of rotatable bonds is 5. The van der Waals surface area contributed by atoms with E-state index in [4.69, 9.17) is 5.73 Å². The largest absolute Gasteiger partial charge is 0.389 e. The summed E-state index contributed by atoms with van der Waals surface area (Å²) in [6.45, 7) is 6.84. The molecule has 0 atom stereocenters. The zero-order valence-electron chi connectivity index (χ0n) is 11.3. The van der Waals surface area contributed by atoms with Crippen molar-refractivity contribution in [2.75, 3.05) is 19.6 Å². The molecule has 4 heteroatoms. The summed E-state index contributed by atoms with van der Waals surface area (Å²) in [4.78, 5) is 14.3. The van der Waals surface area contributed by atoms with E-state index in [1.807, 2.05) is 6.92 Å². The Morgan fingerprint density at radius 1 is 1.41 bits per heavy atom. The van der Waals surface area contributed by atoms with Gasteiger partial charge in [-0.15, -0.1) is 0 Å². The number of likely N-dealkylation sites (N-methyl/N-ethyl adjacent to an activating group) is 1. The number of nitrogens with two attached hydrogens (primary N) is 1. The third-order valence-electron chi connectivity index (χ3n) is 3.65. The summed E-state index contributed by atoms with van der Waals surface area (Å²) in [6, 6.07) is 0. The van der Waals surface area contributed by atoms with Crippen LogP contribution in [0.1, 0.15) is 46.5 Å². The van der Waals surface area contributed by atoms with Crippen molar-refractivity contribution in [3.63, 3.8) is 0 Å². The molecule has 0 aromatic carbocycles. The highest BCUT2D eigenvalue weighted by atomic mass is 16.3. The van der Waals surface area contributed by atoms with Gasteiger partial charge in [-0.2, -0.15) is 0 Å². The number of amides is 1. The molecular weight excluding hydrogens is 216 g/mol. The number of carbonyl (C=O) groups is 1. The Balaban J connectivity index is 2.77. The van der Waals surface area contributed by atoms with E-state index in [1.165, 1.54) is 0 Å². The van der Waals surface area contributed by atoms with E-state index in [9.17, 15) is 9.90 Å². The fourth-order valence-electron chi connectivity index (χ4n) is 2.69. The molecule has 3 N–H and O–H groups in total. The molecule has 1 amide bonds. The Morgan fingerprint density at radius 3 is 2.29 bits per heavy atom. The molecule has 0 radical (unpaired) electrons. The van der Waals surface area contributed by atoms with Gasteiger partial charge in [0.1, 0.15) is 0 Å². The molecular formula is C13H26N2O2. The third-order valence-corrected chi connectivity index (χ3v) is 3.65. The summed E-state index contributed by atoms with van der Waals surface area (Å²) in [7, 11) is 0. The molecule has 1 fully saturated rings. The van der Waals surface area contributed by atoms with Gasteiger partial charge in [-0.1, -0.05) is 12.8 Å². The summed E-state index contributed by atoms with van der Waals surface area (Å²) in [6.07, 6.45) is 3.96. The minimum atomic E-state index is -0.847. The van der Waals surface area contributed by atoms with E-state index in [-0.39, 0.29) is 11.3 Å². The van der Waals surface area contributed by atoms with Gasteiger partial charge in [-0.3, -0.25) is 4.79 Å². The molecule has 0 aromatic heterocycles. The number of hydrogen-bond acceptors (Lipinski definition) is 3. The maximum Gasteiger partial charge on any atom is 0.230 e. The van der Waals surface area contributed by atoms with Crippen molar-refractivity contribution in [3.8, 4) is 0 Å². The van der Waals surface area contributed by atoms with Crippen LogP contribution in [0.15, 0.2) is 0 Å². The van der Waals surface area contributed by atoms with E-state index < -0.39 is 5.60 Å². The summed E-state index contributed by atoms with van der Waals surface area (Å²) in [5.74, 6) is 0.127. The Bertz CT molecular complexity index is 265. The molecule has 1 saturated carbocycles. The quantitative estimate of drug-likeness (QED) is 0.759. The topological polar surface area (TPSA) is 66.6 Å². The Hall–Kier alpha value is -0.610. The van der Waals surface area contributed by atoms with Crippen LogP contribution < -0.4 is 5.73 Å². The van der Waals surface area contributed by atoms with E-state index in [1.54, 1.807) is 18.7 Å². The van der Waals surface area contributed by atoms with Crippen LogP contribution in [-0.4, -0.2) is 41.1 Å². The second-order valence-corrected chi connectivity index (χ2v) is 5.82. The van der Waals surface area contributed by atoms with Crippen LogP contribution in [0, 0.1) is 5.41 Å². The lowest BCUT2D eigenvalue weighted by atomic mass is 9.84. The van der Waals surface area contributed by atoms with Crippen LogP contribution in [0.4, 0.5) is 0 Å². The number of aliphatic hydroxyl groups is 1. The number of hydrogen-bond donors (Lipinski definition) is 2. The fourth-order valence-corrected chi connectivity index (χ4v) is 2.69. The van der Waals surface area contributed by atoms with Gasteiger partial charge in [0.15, 0.2) is 0 Å². The van der Waals surface area contributed by atoms with E-state index >= 15 is 0 Å². The van der Waals surface area contributed by atoms with Crippen molar-refractivity contribution in [2.45, 2.75) is 52.1 Å². The standard InChI is InChI=1S/C13H26N2O2/c1-4-15(10-12(2,3)17)11(16)13(9-14)7-5-6-8-13/h17H,4-10,14H2,1-3H3. The van der Waals surface area contributed by atoms with Crippen molar-refractivity contribution in [1.29, 1.82) is 0 Å². The van der Waals surface area contributed by atoms with Crippen molar-refractivity contribution < 1.29 is 9.90 Å². The van der Waals surface area contributed by atoms with Crippen LogP contribution in [0.5, 0.6) is 0 Å². The highest BCUT2D eigenvalue weighted by Crippen LogP contribution is 2.39.